The Morgan fingerprint density at radius 3 is 2.24 bits per heavy atom. The van der Waals surface area contributed by atoms with Crippen LogP contribution in [0.25, 0.3) is 0 Å². The van der Waals surface area contributed by atoms with Gasteiger partial charge in [-0.25, -0.2) is 0 Å². The lowest BCUT2D eigenvalue weighted by atomic mass is 9.84. The molecule has 1 atom stereocenters. The third-order valence-electron chi connectivity index (χ3n) is 7.94. The molecule has 2 aliphatic heterocycles. The third kappa shape index (κ3) is 7.10. The Bertz CT molecular complexity index is 1150. The highest BCUT2D eigenvalue weighted by atomic mass is 16.3. The molecule has 0 saturated heterocycles. The molecule has 1 aromatic heterocycles. The fraction of sp³-hybridized carbons (Fsp3) is 0.531. The molecule has 200 valence electrons. The van der Waals surface area contributed by atoms with Crippen LogP contribution in [0.1, 0.15) is 86.5 Å². The van der Waals surface area contributed by atoms with Crippen LogP contribution >= 0.6 is 0 Å². The summed E-state index contributed by atoms with van der Waals surface area (Å²) < 4.78 is 0. The number of aliphatic hydroxyl groups is 1. The standard InChI is InChI=1S/C17H23N3.C15H23NO/c1-17(2,3)15-5-4-13-7-9-20(11-14(13)10-15)12-16-6-8-18-19-16;1-11(2)14-5-4-13-6-7-16(12(3)10-17)9-15(13)8-14/h4-6,8,10H,7,9,11-12H2,1-3H3,(H,18,19);4-5,8,11-12,17H,6-7,9-10H2,1-3H3. The summed E-state index contributed by atoms with van der Waals surface area (Å²) in [6.07, 6.45) is 4.08. The number of rotatable bonds is 5. The van der Waals surface area contributed by atoms with Crippen molar-refractivity contribution in [3.63, 3.8) is 0 Å². The number of aliphatic hydroxyl groups excluding tert-OH is 1. The van der Waals surface area contributed by atoms with Crippen molar-refractivity contribution in [2.45, 2.75) is 91.4 Å². The van der Waals surface area contributed by atoms with Gasteiger partial charge in [-0.3, -0.25) is 14.9 Å². The molecule has 0 aliphatic carbocycles. The molecular weight excluding hydrogens is 456 g/mol. The number of aromatic amines is 1. The van der Waals surface area contributed by atoms with Crippen LogP contribution in [0.4, 0.5) is 0 Å². The zero-order valence-electron chi connectivity index (χ0n) is 23.7. The van der Waals surface area contributed by atoms with Gasteiger partial charge < -0.3 is 5.11 Å². The minimum absolute atomic E-state index is 0.223. The SMILES string of the molecule is CC(C)(C)c1ccc2c(c1)CN(Cc1ccn[nH]1)CC2.CC(C)c1ccc2c(c1)CN(C(C)CO)CC2. The molecule has 5 nitrogen and oxygen atoms in total. The molecule has 0 fully saturated rings. The van der Waals surface area contributed by atoms with Crippen molar-refractivity contribution < 1.29 is 5.11 Å². The second kappa shape index (κ2) is 11.9. The number of nitrogens with one attached hydrogen (secondary N) is 1. The van der Waals surface area contributed by atoms with E-state index in [0.29, 0.717) is 5.92 Å². The number of nitrogens with zero attached hydrogens (tertiary/aromatic N) is 3. The molecule has 5 heteroatoms. The van der Waals surface area contributed by atoms with Gasteiger partial charge >= 0.3 is 0 Å². The predicted octanol–water partition coefficient (Wildman–Crippen LogP) is 5.81. The Balaban J connectivity index is 0.000000176. The van der Waals surface area contributed by atoms with E-state index in [2.05, 4.69) is 104 Å². The van der Waals surface area contributed by atoms with Gasteiger partial charge in [0.25, 0.3) is 0 Å². The maximum Gasteiger partial charge on any atom is 0.0584 e. The molecule has 5 rings (SSSR count). The first-order valence-electron chi connectivity index (χ1n) is 13.9. The number of benzene rings is 2. The van der Waals surface area contributed by atoms with E-state index in [1.807, 2.05) is 6.20 Å². The molecule has 0 amide bonds. The number of fused-ring (bicyclic) bond motifs is 2. The van der Waals surface area contributed by atoms with Crippen molar-refractivity contribution in [3.05, 3.63) is 87.7 Å². The minimum Gasteiger partial charge on any atom is -0.395 e. The molecule has 0 saturated carbocycles. The lowest BCUT2D eigenvalue weighted by molar-refractivity contribution is 0.123. The van der Waals surface area contributed by atoms with Crippen LogP contribution in [-0.2, 0) is 37.9 Å². The van der Waals surface area contributed by atoms with Gasteiger partial charge in [-0.2, -0.15) is 5.10 Å². The van der Waals surface area contributed by atoms with Crippen LogP contribution in [0.3, 0.4) is 0 Å². The molecule has 3 aromatic rings. The first-order chi connectivity index (χ1) is 17.6. The lowest BCUT2D eigenvalue weighted by Crippen LogP contribution is -2.39. The van der Waals surface area contributed by atoms with E-state index in [1.54, 1.807) is 0 Å². The molecule has 1 unspecified atom stereocenters. The second-order valence-electron chi connectivity index (χ2n) is 12.2. The fourth-order valence-corrected chi connectivity index (χ4v) is 5.28. The highest BCUT2D eigenvalue weighted by molar-refractivity contribution is 5.37. The Kier molecular flexibility index (Phi) is 8.89. The predicted molar refractivity (Wildman–Crippen MR) is 153 cm³/mol. The van der Waals surface area contributed by atoms with Crippen LogP contribution in [-0.4, -0.2) is 50.8 Å². The smallest absolute Gasteiger partial charge is 0.0584 e. The first kappa shape index (κ1) is 27.6. The van der Waals surface area contributed by atoms with E-state index in [-0.39, 0.29) is 18.1 Å². The summed E-state index contributed by atoms with van der Waals surface area (Å²) in [7, 11) is 0. The van der Waals surface area contributed by atoms with E-state index in [1.165, 1.54) is 39.1 Å². The van der Waals surface area contributed by atoms with Crippen molar-refractivity contribution in [1.29, 1.82) is 0 Å². The molecule has 3 heterocycles. The van der Waals surface area contributed by atoms with Crippen molar-refractivity contribution in [3.8, 4) is 0 Å². The first-order valence-corrected chi connectivity index (χ1v) is 13.9. The summed E-state index contributed by atoms with van der Waals surface area (Å²) in [5.74, 6) is 0.589. The van der Waals surface area contributed by atoms with Gasteiger partial charge in [-0.05, 0) is 70.5 Å². The maximum atomic E-state index is 9.24. The molecule has 0 spiro atoms. The molecule has 2 N–H and O–H groups in total. The van der Waals surface area contributed by atoms with Gasteiger partial charge in [0, 0.05) is 50.7 Å². The van der Waals surface area contributed by atoms with Crippen LogP contribution in [0, 0.1) is 0 Å². The van der Waals surface area contributed by atoms with E-state index in [4.69, 9.17) is 0 Å². The highest BCUT2D eigenvalue weighted by Crippen LogP contribution is 2.28. The van der Waals surface area contributed by atoms with Gasteiger partial charge in [-0.1, -0.05) is 71.0 Å². The zero-order valence-corrected chi connectivity index (χ0v) is 23.7. The Labute approximate surface area is 223 Å². The zero-order chi connectivity index (χ0) is 26.6. The van der Waals surface area contributed by atoms with Crippen LogP contribution in [0.15, 0.2) is 48.7 Å². The molecule has 2 aromatic carbocycles. The van der Waals surface area contributed by atoms with Crippen LogP contribution in [0.5, 0.6) is 0 Å². The fourth-order valence-electron chi connectivity index (χ4n) is 5.28. The summed E-state index contributed by atoms with van der Waals surface area (Å²) in [5, 5.41) is 16.3. The quantitative estimate of drug-likeness (QED) is 0.462. The summed E-state index contributed by atoms with van der Waals surface area (Å²) >= 11 is 0. The molecule has 0 radical (unpaired) electrons. The van der Waals surface area contributed by atoms with Crippen molar-refractivity contribution in [1.82, 2.24) is 20.0 Å². The largest absolute Gasteiger partial charge is 0.395 e. The van der Waals surface area contributed by atoms with Gasteiger partial charge in [0.2, 0.25) is 0 Å². The molecular formula is C32H46N4O. The van der Waals surface area contributed by atoms with Gasteiger partial charge in [0.05, 0.1) is 6.61 Å². The summed E-state index contributed by atoms with van der Waals surface area (Å²) in [6.45, 7) is 18.8. The minimum atomic E-state index is 0.223. The van der Waals surface area contributed by atoms with E-state index in [0.717, 1.165) is 45.6 Å². The number of hydrogen-bond acceptors (Lipinski definition) is 4. The Morgan fingerprint density at radius 1 is 0.892 bits per heavy atom. The molecule has 37 heavy (non-hydrogen) atoms. The average Bonchev–Trinajstić information content (AvgIpc) is 3.40. The summed E-state index contributed by atoms with van der Waals surface area (Å²) in [6, 6.07) is 16.2. The molecule has 2 aliphatic rings. The second-order valence-corrected chi connectivity index (χ2v) is 12.2. The normalized spacial score (nSPS) is 17.1. The topological polar surface area (TPSA) is 55.4 Å². The average molecular weight is 503 g/mol. The molecule has 0 bridgehead atoms. The van der Waals surface area contributed by atoms with Crippen molar-refractivity contribution in [2.24, 2.45) is 0 Å². The third-order valence-corrected chi connectivity index (χ3v) is 7.94. The summed E-state index contributed by atoms with van der Waals surface area (Å²) in [5.41, 5.74) is 10.2. The Morgan fingerprint density at radius 2 is 1.59 bits per heavy atom. The monoisotopic (exact) mass is 502 g/mol. The van der Waals surface area contributed by atoms with Gasteiger partial charge in [-0.15, -0.1) is 0 Å². The maximum absolute atomic E-state index is 9.24. The number of hydrogen-bond donors (Lipinski definition) is 2. The lowest BCUT2D eigenvalue weighted by Gasteiger charge is -2.33. The van der Waals surface area contributed by atoms with E-state index in [9.17, 15) is 5.11 Å². The number of aromatic nitrogens is 2. The van der Waals surface area contributed by atoms with Crippen molar-refractivity contribution >= 4 is 0 Å². The van der Waals surface area contributed by atoms with Crippen LogP contribution in [0.2, 0.25) is 0 Å². The van der Waals surface area contributed by atoms with Crippen molar-refractivity contribution in [2.75, 3.05) is 19.7 Å². The number of H-pyrrole nitrogens is 1. The van der Waals surface area contributed by atoms with E-state index < -0.39 is 0 Å². The van der Waals surface area contributed by atoms with Gasteiger partial charge in [0.1, 0.15) is 0 Å². The van der Waals surface area contributed by atoms with Crippen LogP contribution < -0.4 is 0 Å². The van der Waals surface area contributed by atoms with Gasteiger partial charge in [0.15, 0.2) is 0 Å². The highest BCUT2D eigenvalue weighted by Gasteiger charge is 2.21. The van der Waals surface area contributed by atoms with E-state index >= 15 is 0 Å². The Hall–Kier alpha value is -2.47. The summed E-state index contributed by atoms with van der Waals surface area (Å²) in [4.78, 5) is 4.86.